The number of barbiturate groups is 1. The van der Waals surface area contributed by atoms with Gasteiger partial charge in [-0.15, -0.1) is 0 Å². The number of hydrogen-bond acceptors (Lipinski definition) is 5. The van der Waals surface area contributed by atoms with Crippen LogP contribution in [0.4, 0.5) is 10.5 Å². The van der Waals surface area contributed by atoms with Gasteiger partial charge in [0.1, 0.15) is 30.3 Å². The van der Waals surface area contributed by atoms with Crippen molar-refractivity contribution in [2.45, 2.75) is 20.1 Å². The molecule has 0 aromatic heterocycles. The second-order valence-electron chi connectivity index (χ2n) is 9.19. The van der Waals surface area contributed by atoms with E-state index in [1.807, 2.05) is 61.5 Å². The molecule has 1 aliphatic rings. The lowest BCUT2D eigenvalue weighted by molar-refractivity contribution is -0.122. The minimum atomic E-state index is -0.814. The smallest absolute Gasteiger partial charge is 0.335 e. The second-order valence-corrected chi connectivity index (χ2v) is 10.0. The topological polar surface area (TPSA) is 84.9 Å². The SMILES string of the molecule is Cc1ccc(COc2ccc(/C=C3\C(=O)NC(=O)N(c4ccc(OCc5ccccc5)cc4)C3=O)cc2Br)cc1. The fourth-order valence-electron chi connectivity index (χ4n) is 4.06. The van der Waals surface area contributed by atoms with E-state index >= 15 is 0 Å². The molecule has 1 aliphatic heterocycles. The number of nitrogens with zero attached hydrogens (tertiary/aromatic N) is 1. The molecule has 1 heterocycles. The lowest BCUT2D eigenvalue weighted by Crippen LogP contribution is -2.54. The Labute approximate surface area is 240 Å². The van der Waals surface area contributed by atoms with Crippen LogP contribution < -0.4 is 19.7 Å². The molecule has 4 amide bonds. The number of hydrogen-bond donors (Lipinski definition) is 1. The molecule has 0 bridgehead atoms. The molecule has 1 fully saturated rings. The largest absolute Gasteiger partial charge is 0.489 e. The molecule has 4 aromatic rings. The first-order valence-electron chi connectivity index (χ1n) is 12.5. The fourth-order valence-corrected chi connectivity index (χ4v) is 4.57. The Bertz CT molecular complexity index is 1580. The van der Waals surface area contributed by atoms with Crippen LogP contribution >= 0.6 is 15.9 Å². The molecule has 4 aromatic carbocycles. The van der Waals surface area contributed by atoms with Gasteiger partial charge in [-0.25, -0.2) is 9.69 Å². The molecule has 1 saturated heterocycles. The summed E-state index contributed by atoms with van der Waals surface area (Å²) in [5, 5.41) is 2.25. The van der Waals surface area contributed by atoms with Crippen molar-refractivity contribution >= 4 is 45.5 Å². The Kier molecular flexibility index (Phi) is 8.07. The highest BCUT2D eigenvalue weighted by atomic mass is 79.9. The highest BCUT2D eigenvalue weighted by Gasteiger charge is 2.36. The quantitative estimate of drug-likeness (QED) is 0.183. The molecular formula is C32H25BrN2O5. The summed E-state index contributed by atoms with van der Waals surface area (Å²) in [6.07, 6.45) is 1.45. The Morgan fingerprint density at radius 1 is 0.800 bits per heavy atom. The van der Waals surface area contributed by atoms with Crippen LogP contribution in [0.25, 0.3) is 6.08 Å². The maximum absolute atomic E-state index is 13.3. The Hall–Kier alpha value is -4.69. The van der Waals surface area contributed by atoms with E-state index in [1.54, 1.807) is 42.5 Å². The number of aryl methyl sites for hydroxylation is 1. The number of amides is 4. The van der Waals surface area contributed by atoms with Gasteiger partial charge < -0.3 is 9.47 Å². The zero-order chi connectivity index (χ0) is 28.1. The number of ether oxygens (including phenoxy) is 2. The number of anilines is 1. The molecule has 0 saturated carbocycles. The number of rotatable bonds is 8. The predicted molar refractivity (Wildman–Crippen MR) is 156 cm³/mol. The number of carbonyl (C=O) groups is 3. The minimum Gasteiger partial charge on any atom is -0.489 e. The normalized spacial score (nSPS) is 14.3. The molecule has 8 heteroatoms. The van der Waals surface area contributed by atoms with Crippen molar-refractivity contribution in [1.29, 1.82) is 0 Å². The van der Waals surface area contributed by atoms with Crippen LogP contribution in [0.15, 0.2) is 107 Å². The average molecular weight is 597 g/mol. The summed E-state index contributed by atoms with van der Waals surface area (Å²) < 4.78 is 12.4. The fraction of sp³-hybridized carbons (Fsp3) is 0.0938. The molecule has 1 N–H and O–H groups in total. The van der Waals surface area contributed by atoms with Crippen LogP contribution in [0.5, 0.6) is 11.5 Å². The first kappa shape index (κ1) is 26.9. The van der Waals surface area contributed by atoms with Crippen molar-refractivity contribution < 1.29 is 23.9 Å². The third-order valence-electron chi connectivity index (χ3n) is 6.23. The van der Waals surface area contributed by atoms with Gasteiger partial charge >= 0.3 is 6.03 Å². The van der Waals surface area contributed by atoms with Gasteiger partial charge in [-0.3, -0.25) is 14.9 Å². The van der Waals surface area contributed by atoms with Crippen molar-refractivity contribution in [3.05, 3.63) is 129 Å². The van der Waals surface area contributed by atoms with Gasteiger partial charge in [0.15, 0.2) is 0 Å². The third kappa shape index (κ3) is 6.30. The highest BCUT2D eigenvalue weighted by Crippen LogP contribution is 2.29. The van der Waals surface area contributed by atoms with E-state index < -0.39 is 17.8 Å². The first-order valence-corrected chi connectivity index (χ1v) is 13.3. The van der Waals surface area contributed by atoms with Gasteiger partial charge in [-0.2, -0.15) is 0 Å². The lowest BCUT2D eigenvalue weighted by Gasteiger charge is -2.26. The zero-order valence-corrected chi connectivity index (χ0v) is 23.2. The Morgan fingerprint density at radius 2 is 1.48 bits per heavy atom. The van der Waals surface area contributed by atoms with Crippen molar-refractivity contribution in [1.82, 2.24) is 5.32 Å². The molecule has 5 rings (SSSR count). The summed E-state index contributed by atoms with van der Waals surface area (Å²) >= 11 is 3.50. The third-order valence-corrected chi connectivity index (χ3v) is 6.85. The van der Waals surface area contributed by atoms with Crippen molar-refractivity contribution in [2.75, 3.05) is 4.90 Å². The van der Waals surface area contributed by atoms with Crippen LogP contribution in [0.3, 0.4) is 0 Å². The molecule has 200 valence electrons. The predicted octanol–water partition coefficient (Wildman–Crippen LogP) is 6.58. The minimum absolute atomic E-state index is 0.163. The monoisotopic (exact) mass is 596 g/mol. The van der Waals surface area contributed by atoms with Gasteiger partial charge in [0.25, 0.3) is 11.8 Å². The van der Waals surface area contributed by atoms with E-state index in [0.29, 0.717) is 40.4 Å². The second kappa shape index (κ2) is 12.0. The number of carbonyl (C=O) groups excluding carboxylic acids is 3. The van der Waals surface area contributed by atoms with Crippen molar-refractivity contribution in [3.8, 4) is 11.5 Å². The molecule has 40 heavy (non-hydrogen) atoms. The number of benzene rings is 4. The van der Waals surface area contributed by atoms with Gasteiger partial charge in [0, 0.05) is 0 Å². The molecule has 0 atom stereocenters. The van der Waals surface area contributed by atoms with Gasteiger partial charge in [-0.05, 0) is 82.0 Å². The molecular weight excluding hydrogens is 572 g/mol. The van der Waals surface area contributed by atoms with E-state index in [2.05, 4.69) is 21.2 Å². The molecule has 0 radical (unpaired) electrons. The van der Waals surface area contributed by atoms with Crippen LogP contribution in [0, 0.1) is 6.92 Å². The van der Waals surface area contributed by atoms with Gasteiger partial charge in [0.2, 0.25) is 0 Å². The molecule has 7 nitrogen and oxygen atoms in total. The summed E-state index contributed by atoms with van der Waals surface area (Å²) in [5.74, 6) is -0.278. The van der Waals surface area contributed by atoms with Gasteiger partial charge in [0.05, 0.1) is 10.2 Å². The van der Waals surface area contributed by atoms with Crippen LogP contribution in [0.2, 0.25) is 0 Å². The summed E-state index contributed by atoms with van der Waals surface area (Å²) in [7, 11) is 0. The van der Waals surface area contributed by atoms with Crippen LogP contribution in [-0.4, -0.2) is 17.8 Å². The summed E-state index contributed by atoms with van der Waals surface area (Å²) in [5.41, 5.74) is 3.97. The maximum Gasteiger partial charge on any atom is 0.335 e. The lowest BCUT2D eigenvalue weighted by atomic mass is 10.1. The number of imide groups is 2. The van der Waals surface area contributed by atoms with E-state index in [0.717, 1.165) is 16.0 Å². The molecule has 0 unspecified atom stereocenters. The average Bonchev–Trinajstić information content (AvgIpc) is 2.96. The number of halogens is 1. The van der Waals surface area contributed by atoms with Crippen molar-refractivity contribution in [2.24, 2.45) is 0 Å². The van der Waals surface area contributed by atoms with Crippen LogP contribution in [-0.2, 0) is 22.8 Å². The summed E-state index contributed by atoms with van der Waals surface area (Å²) in [6, 6.07) is 28.8. The molecule has 0 aliphatic carbocycles. The first-order chi connectivity index (χ1) is 19.4. The van der Waals surface area contributed by atoms with Gasteiger partial charge in [-0.1, -0.05) is 66.2 Å². The summed E-state index contributed by atoms with van der Waals surface area (Å²) in [4.78, 5) is 39.4. The standard InChI is InChI=1S/C32H25BrN2O5/c1-21-7-9-23(10-8-21)20-40-29-16-11-24(18-28(29)33)17-27-30(36)34-32(38)35(31(27)37)25-12-14-26(15-13-25)39-19-22-5-3-2-4-6-22/h2-18H,19-20H2,1H3,(H,34,36,38)/b27-17+. The van der Waals surface area contributed by atoms with E-state index in [1.165, 1.54) is 11.6 Å². The maximum atomic E-state index is 13.3. The highest BCUT2D eigenvalue weighted by molar-refractivity contribution is 9.10. The van der Waals surface area contributed by atoms with E-state index in [9.17, 15) is 14.4 Å². The Balaban J connectivity index is 1.29. The summed E-state index contributed by atoms with van der Waals surface area (Å²) in [6.45, 7) is 2.81. The number of nitrogens with one attached hydrogen (secondary N) is 1. The van der Waals surface area contributed by atoms with Crippen LogP contribution in [0.1, 0.15) is 22.3 Å². The van der Waals surface area contributed by atoms with E-state index in [-0.39, 0.29) is 5.57 Å². The zero-order valence-electron chi connectivity index (χ0n) is 21.6. The molecule has 0 spiro atoms. The van der Waals surface area contributed by atoms with Crippen molar-refractivity contribution in [3.63, 3.8) is 0 Å². The number of urea groups is 1. The van der Waals surface area contributed by atoms with E-state index in [4.69, 9.17) is 9.47 Å². The Morgan fingerprint density at radius 3 is 2.17 bits per heavy atom.